The maximum absolute atomic E-state index is 11.6. The number of hydrogen-bond donors (Lipinski definition) is 9. The molecule has 9 N–H and O–H groups in total. The number of ether oxygens (including phenoxy) is 4. The highest BCUT2D eigenvalue weighted by Gasteiger charge is 2.46. The molecule has 0 aromatic heterocycles. The molecule has 1 fully saturated rings. The first-order chi connectivity index (χ1) is 18.3. The monoisotopic (exact) mass is 552 g/mol. The van der Waals surface area contributed by atoms with Gasteiger partial charge in [0.05, 0.1) is 5.56 Å². The molecule has 0 radical (unpaired) electrons. The fourth-order valence-electron chi connectivity index (χ4n) is 3.98. The Kier molecular flexibility index (Phi) is 7.60. The maximum Gasteiger partial charge on any atom is 0.317 e. The van der Waals surface area contributed by atoms with Gasteiger partial charge < -0.3 is 64.9 Å². The van der Waals surface area contributed by atoms with E-state index in [2.05, 4.69) is 0 Å². The normalized spacial score (nSPS) is 26.1. The molecular weight excluding hydrogens is 528 g/mol. The van der Waals surface area contributed by atoms with Crippen LogP contribution in [0.25, 0.3) is 6.08 Å². The van der Waals surface area contributed by atoms with Crippen molar-refractivity contribution >= 4 is 18.0 Å². The van der Waals surface area contributed by atoms with E-state index in [1.807, 2.05) is 0 Å². The highest BCUT2D eigenvalue weighted by molar-refractivity contribution is 5.90. The van der Waals surface area contributed by atoms with Crippen molar-refractivity contribution in [1.29, 1.82) is 0 Å². The predicted octanol–water partition coefficient (Wildman–Crippen LogP) is -0.469. The van der Waals surface area contributed by atoms with Gasteiger partial charge in [-0.1, -0.05) is 0 Å². The number of hydrogen-bond acceptors (Lipinski definition) is 14. The van der Waals surface area contributed by atoms with Gasteiger partial charge in [-0.25, -0.2) is 0 Å². The number of phenols is 5. The lowest BCUT2D eigenvalue weighted by molar-refractivity contribution is -0.294. The summed E-state index contributed by atoms with van der Waals surface area (Å²) >= 11 is 0. The van der Waals surface area contributed by atoms with Crippen molar-refractivity contribution in [2.75, 3.05) is 6.61 Å². The largest absolute Gasteiger partial charge is 0.508 e. The first kappa shape index (κ1) is 27.6. The average Bonchev–Trinajstić information content (AvgIpc) is 2.86. The number of esters is 1. The van der Waals surface area contributed by atoms with Gasteiger partial charge in [0, 0.05) is 17.7 Å². The second-order valence-electron chi connectivity index (χ2n) is 8.72. The van der Waals surface area contributed by atoms with Gasteiger partial charge in [-0.15, -0.1) is 0 Å². The molecule has 0 saturated carbocycles. The molecule has 4 rings (SSSR count). The van der Waals surface area contributed by atoms with Gasteiger partial charge in [0.1, 0.15) is 60.5 Å². The molecule has 39 heavy (non-hydrogen) atoms. The summed E-state index contributed by atoms with van der Waals surface area (Å²) in [7, 11) is 0. The van der Waals surface area contributed by atoms with E-state index in [4.69, 9.17) is 24.1 Å². The second kappa shape index (κ2) is 10.7. The Balaban J connectivity index is 1.66. The third-order valence-corrected chi connectivity index (χ3v) is 5.91. The third kappa shape index (κ3) is 5.70. The van der Waals surface area contributed by atoms with Crippen molar-refractivity contribution in [2.24, 2.45) is 0 Å². The van der Waals surface area contributed by atoms with Crippen LogP contribution >= 0.6 is 0 Å². The molecule has 1 saturated heterocycles. The highest BCUT2D eigenvalue weighted by Crippen LogP contribution is 2.46. The van der Waals surface area contributed by atoms with Crippen LogP contribution in [0.1, 0.15) is 23.7 Å². The topological polar surface area (TPSA) is 253 Å². The molecule has 15 nitrogen and oxygen atoms in total. The number of fused-ring (bicyclic) bond motifs is 1. The fourth-order valence-corrected chi connectivity index (χ4v) is 3.98. The molecule has 2 aliphatic rings. The molecule has 2 aromatic carbocycles. The molecule has 0 bridgehead atoms. The summed E-state index contributed by atoms with van der Waals surface area (Å²) in [6, 6.07) is 4.20. The van der Waals surface area contributed by atoms with Crippen molar-refractivity contribution in [3.05, 3.63) is 41.2 Å². The van der Waals surface area contributed by atoms with Gasteiger partial charge in [-0.2, -0.15) is 0 Å². The summed E-state index contributed by atoms with van der Waals surface area (Å²) in [5, 5.41) is 89.6. The first-order valence-electron chi connectivity index (χ1n) is 11.3. The Morgan fingerprint density at radius 2 is 1.54 bits per heavy atom. The number of aliphatic hydroxyl groups excluding tert-OH is 3. The smallest absolute Gasteiger partial charge is 0.317 e. The Morgan fingerprint density at radius 1 is 0.872 bits per heavy atom. The number of aliphatic carboxylic acids is 1. The molecule has 210 valence electrons. The van der Waals surface area contributed by atoms with Gasteiger partial charge in [0.15, 0.2) is 23.4 Å². The summed E-state index contributed by atoms with van der Waals surface area (Å²) in [5.74, 6) is -5.97. The van der Waals surface area contributed by atoms with Crippen molar-refractivity contribution in [3.8, 4) is 34.5 Å². The lowest BCUT2D eigenvalue weighted by Gasteiger charge is -2.41. The number of benzene rings is 2. The van der Waals surface area contributed by atoms with Gasteiger partial charge in [0.2, 0.25) is 6.29 Å². The van der Waals surface area contributed by atoms with Crippen LogP contribution in [0.15, 0.2) is 30.0 Å². The lowest BCUT2D eigenvalue weighted by Crippen LogP contribution is -2.59. The first-order valence-corrected chi connectivity index (χ1v) is 11.3. The van der Waals surface area contributed by atoms with E-state index in [0.717, 1.165) is 24.3 Å². The highest BCUT2D eigenvalue weighted by atomic mass is 16.7. The molecule has 2 aliphatic heterocycles. The Morgan fingerprint density at radius 3 is 2.18 bits per heavy atom. The zero-order chi connectivity index (χ0) is 28.6. The number of carboxylic acid groups (broad SMARTS) is 1. The van der Waals surface area contributed by atoms with E-state index >= 15 is 0 Å². The quantitative estimate of drug-likeness (QED) is 0.120. The van der Waals surface area contributed by atoms with E-state index in [1.165, 1.54) is 6.08 Å². The minimum Gasteiger partial charge on any atom is -0.508 e. The summed E-state index contributed by atoms with van der Waals surface area (Å²) in [4.78, 5) is 22.3. The fraction of sp³-hybridized carbons (Fsp3) is 0.333. The molecule has 0 amide bonds. The molecule has 15 heteroatoms. The summed E-state index contributed by atoms with van der Waals surface area (Å²) in [6.07, 6.45) is -9.89. The van der Waals surface area contributed by atoms with E-state index < -0.39 is 84.8 Å². The summed E-state index contributed by atoms with van der Waals surface area (Å²) in [6.45, 7) is -0.710. The number of carboxylic acids is 1. The van der Waals surface area contributed by atoms with Crippen molar-refractivity contribution < 1.29 is 74.5 Å². The third-order valence-electron chi connectivity index (χ3n) is 5.91. The van der Waals surface area contributed by atoms with Crippen molar-refractivity contribution in [1.82, 2.24) is 0 Å². The SMILES string of the molecule is O=C(O)CC(=O)OCC1O[C@@H](OC2=Cc3c(O)cc(O)cc3OC2c2cc(O)c(O)c(O)c2)C(O)C(O)[C@@H]1O. The standard InChI is InChI=1S/C24H24O15/c25-9-3-11(26)10-5-15(23(37-14(10)4-9)8-1-12(27)19(32)13(28)2-8)38-24-22(35)21(34)20(33)16(39-24)7-36-18(31)6-17(29)30/h1-5,16,20-28,32-35H,6-7H2,(H,29,30)/t16?,20-,21?,22?,23?,24-/m1/s1. The molecule has 4 unspecified atom stereocenters. The molecule has 6 atom stereocenters. The van der Waals surface area contributed by atoms with E-state index in [0.29, 0.717) is 0 Å². The second-order valence-corrected chi connectivity index (χ2v) is 8.72. The Bertz CT molecular complexity index is 1280. The van der Waals surface area contributed by atoms with Crippen molar-refractivity contribution in [3.63, 3.8) is 0 Å². The number of carbonyl (C=O) groups is 2. The lowest BCUT2D eigenvalue weighted by atomic mass is 9.98. The van der Waals surface area contributed by atoms with Crippen LogP contribution in [0.2, 0.25) is 0 Å². The van der Waals surface area contributed by atoms with Gasteiger partial charge in [0.25, 0.3) is 0 Å². The molecule has 2 aromatic rings. The van der Waals surface area contributed by atoms with Crippen LogP contribution in [0.5, 0.6) is 34.5 Å². The van der Waals surface area contributed by atoms with Crippen LogP contribution in [-0.4, -0.2) is 95.2 Å². The van der Waals surface area contributed by atoms with E-state index in [-0.39, 0.29) is 28.4 Å². The van der Waals surface area contributed by atoms with Crippen LogP contribution in [-0.2, 0) is 23.8 Å². The molecular formula is C24H24O15. The zero-order valence-corrected chi connectivity index (χ0v) is 19.7. The minimum atomic E-state index is -1.89. The zero-order valence-electron chi connectivity index (χ0n) is 19.7. The van der Waals surface area contributed by atoms with Gasteiger partial charge in [-0.3, -0.25) is 9.59 Å². The maximum atomic E-state index is 11.6. The predicted molar refractivity (Wildman–Crippen MR) is 124 cm³/mol. The van der Waals surface area contributed by atoms with Crippen LogP contribution in [0.4, 0.5) is 0 Å². The minimum absolute atomic E-state index is 0.00688. The molecule has 0 aliphatic carbocycles. The Labute approximate surface area is 218 Å². The van der Waals surface area contributed by atoms with Gasteiger partial charge in [-0.05, 0) is 18.2 Å². The summed E-state index contributed by atoms with van der Waals surface area (Å²) < 4.78 is 21.8. The number of phenolic OH excluding ortho intramolecular Hbond substituents is 5. The van der Waals surface area contributed by atoms with Crippen LogP contribution in [0, 0.1) is 0 Å². The van der Waals surface area contributed by atoms with E-state index in [9.17, 15) is 50.4 Å². The molecule has 0 spiro atoms. The number of rotatable bonds is 7. The van der Waals surface area contributed by atoms with Crippen LogP contribution in [0.3, 0.4) is 0 Å². The summed E-state index contributed by atoms with van der Waals surface area (Å²) in [5.41, 5.74) is 0.00358. The average molecular weight is 552 g/mol. The van der Waals surface area contributed by atoms with Crippen molar-refractivity contribution in [2.45, 2.75) is 43.2 Å². The number of carbonyl (C=O) groups excluding carboxylic acids is 1. The molecule has 2 heterocycles. The van der Waals surface area contributed by atoms with Gasteiger partial charge >= 0.3 is 11.9 Å². The number of aliphatic hydroxyl groups is 3. The van der Waals surface area contributed by atoms with Crippen LogP contribution < -0.4 is 4.74 Å². The Hall–Kier alpha value is -4.44. The number of aromatic hydroxyl groups is 5. The van der Waals surface area contributed by atoms with E-state index in [1.54, 1.807) is 0 Å².